The lowest BCUT2D eigenvalue weighted by Crippen LogP contribution is -2.40. The van der Waals surface area contributed by atoms with Crippen LogP contribution in [0.2, 0.25) is 5.02 Å². The van der Waals surface area contributed by atoms with E-state index in [9.17, 15) is 13.2 Å². The Labute approximate surface area is 150 Å². The summed E-state index contributed by atoms with van der Waals surface area (Å²) in [6.45, 7) is 1.39. The summed E-state index contributed by atoms with van der Waals surface area (Å²) < 4.78 is 37.1. The summed E-state index contributed by atoms with van der Waals surface area (Å²) in [6.07, 6.45) is 1.48. The molecule has 0 saturated carbocycles. The molecule has 0 aliphatic carbocycles. The second kappa shape index (κ2) is 7.57. The van der Waals surface area contributed by atoms with E-state index in [1.54, 1.807) is 12.1 Å². The molecule has 0 bridgehead atoms. The Morgan fingerprint density at radius 3 is 2.72 bits per heavy atom. The molecule has 25 heavy (non-hydrogen) atoms. The molecule has 1 aromatic carbocycles. The van der Waals surface area contributed by atoms with Crippen LogP contribution in [0, 0.1) is 0 Å². The van der Waals surface area contributed by atoms with E-state index in [1.807, 2.05) is 0 Å². The highest BCUT2D eigenvalue weighted by Gasteiger charge is 2.26. The van der Waals surface area contributed by atoms with E-state index in [4.69, 9.17) is 21.1 Å². The Hall–Kier alpha value is -1.87. The van der Waals surface area contributed by atoms with Gasteiger partial charge in [0.15, 0.2) is 0 Å². The molecule has 2 aromatic rings. The first-order chi connectivity index (χ1) is 12.0. The number of carbonyl (C=O) groups excluding carboxylic acids is 1. The Bertz CT molecular complexity index is 859. The largest absolute Gasteiger partial charge is 0.456 e. The van der Waals surface area contributed by atoms with Gasteiger partial charge in [0.05, 0.1) is 23.1 Å². The van der Waals surface area contributed by atoms with Crippen LogP contribution >= 0.6 is 11.6 Å². The first kappa shape index (κ1) is 17.9. The molecule has 0 unspecified atom stereocenters. The summed E-state index contributed by atoms with van der Waals surface area (Å²) in [5, 5.41) is 0.408. The topological polar surface area (TPSA) is 88.7 Å². The van der Waals surface area contributed by atoms with Gasteiger partial charge in [-0.15, -0.1) is 0 Å². The molecule has 134 valence electrons. The molecule has 0 atom stereocenters. The summed E-state index contributed by atoms with van der Waals surface area (Å²) in [4.78, 5) is 14.8. The van der Waals surface area contributed by atoms with Gasteiger partial charge in [-0.1, -0.05) is 23.7 Å². The van der Waals surface area contributed by atoms with Gasteiger partial charge in [0.1, 0.15) is 12.3 Å². The molecule has 2 heterocycles. The number of sulfonamides is 1. The molecule has 0 spiro atoms. The number of hydrogen-bond donors (Lipinski definition) is 1. The van der Waals surface area contributed by atoms with Gasteiger partial charge in [-0.05, 0) is 23.8 Å². The van der Waals surface area contributed by atoms with Crippen LogP contribution in [0.25, 0.3) is 0 Å². The van der Waals surface area contributed by atoms with Crippen LogP contribution in [0.1, 0.15) is 16.1 Å². The zero-order chi connectivity index (χ0) is 17.9. The molecule has 3 rings (SSSR count). The van der Waals surface area contributed by atoms with Crippen LogP contribution < -0.4 is 0 Å². The van der Waals surface area contributed by atoms with Crippen molar-refractivity contribution in [3.05, 3.63) is 52.8 Å². The predicted octanol–water partition coefficient (Wildman–Crippen LogP) is 2.05. The van der Waals surface area contributed by atoms with Crippen LogP contribution in [-0.4, -0.2) is 50.0 Å². The van der Waals surface area contributed by atoms with Crippen LogP contribution in [0.15, 0.2) is 41.4 Å². The maximum atomic E-state index is 12.6. The number of rotatable bonds is 5. The normalized spacial score (nSPS) is 15.9. The summed E-state index contributed by atoms with van der Waals surface area (Å²) >= 11 is 5.75. The second-order valence-electron chi connectivity index (χ2n) is 5.47. The van der Waals surface area contributed by atoms with Gasteiger partial charge < -0.3 is 14.5 Å². The monoisotopic (exact) mass is 384 g/mol. The number of carbonyl (C=O) groups is 1. The molecule has 0 radical (unpaired) electrons. The van der Waals surface area contributed by atoms with E-state index in [1.165, 1.54) is 28.7 Å². The summed E-state index contributed by atoms with van der Waals surface area (Å²) in [6, 6.07) is 7.83. The summed E-state index contributed by atoms with van der Waals surface area (Å²) in [7, 11) is -3.58. The van der Waals surface area contributed by atoms with Crippen molar-refractivity contribution in [3.63, 3.8) is 0 Å². The zero-order valence-electron chi connectivity index (χ0n) is 13.3. The zero-order valence-corrected chi connectivity index (χ0v) is 14.8. The predicted molar refractivity (Wildman–Crippen MR) is 90.9 cm³/mol. The third-order valence-electron chi connectivity index (χ3n) is 3.74. The minimum Gasteiger partial charge on any atom is -0.456 e. The van der Waals surface area contributed by atoms with E-state index in [2.05, 4.69) is 4.98 Å². The molecule has 1 saturated heterocycles. The smallest absolute Gasteiger partial charge is 0.355 e. The molecular formula is C16H17ClN2O5S. The van der Waals surface area contributed by atoms with Gasteiger partial charge in [0.2, 0.25) is 10.0 Å². The van der Waals surface area contributed by atoms with E-state index >= 15 is 0 Å². The summed E-state index contributed by atoms with van der Waals surface area (Å²) in [5.74, 6) is -0.562. The minimum absolute atomic E-state index is 0.0397. The fourth-order valence-electron chi connectivity index (χ4n) is 2.44. The van der Waals surface area contributed by atoms with Crippen LogP contribution in [0.4, 0.5) is 0 Å². The number of benzene rings is 1. The molecular weight excluding hydrogens is 368 g/mol. The minimum atomic E-state index is -3.58. The Kier molecular flexibility index (Phi) is 5.43. The van der Waals surface area contributed by atoms with Crippen molar-refractivity contribution < 1.29 is 22.7 Å². The number of aromatic nitrogens is 1. The fraction of sp³-hybridized carbons (Fsp3) is 0.312. The Morgan fingerprint density at radius 2 is 2.04 bits per heavy atom. The number of nitrogens with zero attached hydrogens (tertiary/aromatic N) is 1. The van der Waals surface area contributed by atoms with E-state index in [0.29, 0.717) is 36.9 Å². The Balaban J connectivity index is 1.70. The average molecular weight is 385 g/mol. The lowest BCUT2D eigenvalue weighted by atomic mass is 10.2. The van der Waals surface area contributed by atoms with Crippen molar-refractivity contribution in [2.45, 2.75) is 11.5 Å². The number of hydrogen-bond acceptors (Lipinski definition) is 5. The highest BCUT2D eigenvalue weighted by atomic mass is 35.5. The van der Waals surface area contributed by atoms with Gasteiger partial charge in [0, 0.05) is 19.3 Å². The van der Waals surface area contributed by atoms with Crippen molar-refractivity contribution in [2.24, 2.45) is 0 Å². The SMILES string of the molecule is O=C(OCc1cccc(S(=O)(=O)N2CCOCC2)c1)c1cc(Cl)c[nH]1. The van der Waals surface area contributed by atoms with Gasteiger partial charge in [-0.2, -0.15) is 4.31 Å². The van der Waals surface area contributed by atoms with E-state index in [-0.39, 0.29) is 17.2 Å². The molecule has 7 nitrogen and oxygen atoms in total. The summed E-state index contributed by atoms with van der Waals surface area (Å²) in [5.41, 5.74) is 0.822. The maximum Gasteiger partial charge on any atom is 0.355 e. The number of H-pyrrole nitrogens is 1. The van der Waals surface area contributed by atoms with Gasteiger partial charge in [-0.25, -0.2) is 13.2 Å². The highest BCUT2D eigenvalue weighted by molar-refractivity contribution is 7.89. The second-order valence-corrected chi connectivity index (χ2v) is 7.85. The average Bonchev–Trinajstić information content (AvgIpc) is 3.07. The third-order valence-corrected chi connectivity index (χ3v) is 5.86. The van der Waals surface area contributed by atoms with Crippen molar-refractivity contribution in [3.8, 4) is 0 Å². The fourth-order valence-corrected chi connectivity index (χ4v) is 4.09. The van der Waals surface area contributed by atoms with Gasteiger partial charge in [0.25, 0.3) is 0 Å². The van der Waals surface area contributed by atoms with Crippen molar-refractivity contribution in [2.75, 3.05) is 26.3 Å². The van der Waals surface area contributed by atoms with E-state index < -0.39 is 16.0 Å². The molecule has 1 aliphatic heterocycles. The van der Waals surface area contributed by atoms with Crippen LogP contribution in [-0.2, 0) is 26.1 Å². The van der Waals surface area contributed by atoms with Gasteiger partial charge in [-0.3, -0.25) is 0 Å². The number of halogens is 1. The van der Waals surface area contributed by atoms with Crippen molar-refractivity contribution >= 4 is 27.6 Å². The Morgan fingerprint density at radius 1 is 1.28 bits per heavy atom. The number of aromatic amines is 1. The number of esters is 1. The molecule has 9 heteroatoms. The van der Waals surface area contributed by atoms with Gasteiger partial charge >= 0.3 is 5.97 Å². The first-order valence-electron chi connectivity index (χ1n) is 7.65. The molecule has 1 N–H and O–H groups in total. The maximum absolute atomic E-state index is 12.6. The lowest BCUT2D eigenvalue weighted by Gasteiger charge is -2.26. The molecule has 1 aliphatic rings. The van der Waals surface area contributed by atoms with Crippen LogP contribution in [0.5, 0.6) is 0 Å². The molecule has 1 aromatic heterocycles. The number of ether oxygens (including phenoxy) is 2. The highest BCUT2D eigenvalue weighted by Crippen LogP contribution is 2.19. The van der Waals surface area contributed by atoms with E-state index in [0.717, 1.165) is 0 Å². The standard InChI is InChI=1S/C16H17ClN2O5S/c17-13-9-15(18-10-13)16(20)24-11-12-2-1-3-14(8-12)25(21,22)19-4-6-23-7-5-19/h1-3,8-10,18H,4-7,11H2. The molecule has 1 fully saturated rings. The van der Waals surface area contributed by atoms with Crippen molar-refractivity contribution in [1.29, 1.82) is 0 Å². The number of morpholine rings is 1. The lowest BCUT2D eigenvalue weighted by molar-refractivity contribution is 0.0466. The van der Waals surface area contributed by atoms with Crippen LogP contribution in [0.3, 0.4) is 0 Å². The van der Waals surface area contributed by atoms with Crippen molar-refractivity contribution in [1.82, 2.24) is 9.29 Å². The third kappa shape index (κ3) is 4.21. The molecule has 0 amide bonds. The quantitative estimate of drug-likeness (QED) is 0.797. The number of nitrogens with one attached hydrogen (secondary N) is 1. The first-order valence-corrected chi connectivity index (χ1v) is 9.46.